The van der Waals surface area contributed by atoms with Gasteiger partial charge in [-0.1, -0.05) is 19.9 Å². The summed E-state index contributed by atoms with van der Waals surface area (Å²) in [6, 6.07) is 8.26. The van der Waals surface area contributed by atoms with Crippen molar-refractivity contribution in [2.24, 2.45) is 5.73 Å². The lowest BCUT2D eigenvalue weighted by Crippen LogP contribution is -2.40. The highest BCUT2D eigenvalue weighted by Crippen LogP contribution is 2.25. The second-order valence-corrected chi connectivity index (χ2v) is 6.16. The standard InChI is InChI=1S/C17H23N5/c1-12(2)17-20-15(14-5-3-4-8-19-14)11-16(21-17)22-9-6-13(18)7-10-22/h3-5,8,11-13H,6-7,9-10,18H2,1-2H3. The quantitative estimate of drug-likeness (QED) is 0.943. The number of hydrogen-bond donors (Lipinski definition) is 1. The molecule has 2 N–H and O–H groups in total. The fraction of sp³-hybridized carbons (Fsp3) is 0.471. The minimum Gasteiger partial charge on any atom is -0.356 e. The van der Waals surface area contributed by atoms with E-state index in [-0.39, 0.29) is 5.92 Å². The fourth-order valence-electron chi connectivity index (χ4n) is 2.65. The summed E-state index contributed by atoms with van der Waals surface area (Å²) in [5.41, 5.74) is 7.79. The molecule has 1 saturated heterocycles. The van der Waals surface area contributed by atoms with Crippen molar-refractivity contribution in [3.05, 3.63) is 36.3 Å². The fourth-order valence-corrected chi connectivity index (χ4v) is 2.65. The van der Waals surface area contributed by atoms with Crippen molar-refractivity contribution in [3.63, 3.8) is 0 Å². The van der Waals surface area contributed by atoms with Gasteiger partial charge in [-0.05, 0) is 25.0 Å². The van der Waals surface area contributed by atoms with Crippen LogP contribution in [0.2, 0.25) is 0 Å². The predicted molar refractivity (Wildman–Crippen MR) is 88.8 cm³/mol. The molecule has 3 rings (SSSR count). The Morgan fingerprint density at radius 1 is 1.14 bits per heavy atom. The van der Waals surface area contributed by atoms with Crippen LogP contribution in [-0.2, 0) is 0 Å². The number of nitrogens with zero attached hydrogens (tertiary/aromatic N) is 4. The molecule has 0 aromatic carbocycles. The van der Waals surface area contributed by atoms with Gasteiger partial charge in [0, 0.05) is 37.3 Å². The maximum absolute atomic E-state index is 6.00. The van der Waals surface area contributed by atoms with Gasteiger partial charge in [0.05, 0.1) is 11.4 Å². The van der Waals surface area contributed by atoms with Crippen LogP contribution in [0.1, 0.15) is 38.4 Å². The third kappa shape index (κ3) is 3.25. The first-order valence-corrected chi connectivity index (χ1v) is 7.94. The number of hydrogen-bond acceptors (Lipinski definition) is 5. The average molecular weight is 297 g/mol. The van der Waals surface area contributed by atoms with E-state index in [1.165, 1.54) is 0 Å². The maximum atomic E-state index is 6.00. The Morgan fingerprint density at radius 2 is 1.91 bits per heavy atom. The van der Waals surface area contributed by atoms with E-state index in [0.29, 0.717) is 6.04 Å². The summed E-state index contributed by atoms with van der Waals surface area (Å²) < 4.78 is 0. The second-order valence-electron chi connectivity index (χ2n) is 6.16. The van der Waals surface area contributed by atoms with Gasteiger partial charge < -0.3 is 10.6 Å². The highest BCUT2D eigenvalue weighted by atomic mass is 15.2. The first-order valence-electron chi connectivity index (χ1n) is 7.94. The van der Waals surface area contributed by atoms with Gasteiger partial charge in [0.1, 0.15) is 11.6 Å². The molecule has 0 amide bonds. The average Bonchev–Trinajstić information content (AvgIpc) is 2.56. The number of nitrogens with two attached hydrogens (primary N) is 1. The van der Waals surface area contributed by atoms with E-state index in [2.05, 4.69) is 28.7 Å². The number of aromatic nitrogens is 3. The molecule has 0 unspecified atom stereocenters. The Labute approximate surface area is 131 Å². The van der Waals surface area contributed by atoms with Crippen LogP contribution in [0.4, 0.5) is 5.82 Å². The van der Waals surface area contributed by atoms with Gasteiger partial charge in [0.2, 0.25) is 0 Å². The molecule has 0 spiro atoms. The van der Waals surface area contributed by atoms with E-state index in [1.807, 2.05) is 24.3 Å². The van der Waals surface area contributed by atoms with Gasteiger partial charge in [-0.2, -0.15) is 0 Å². The monoisotopic (exact) mass is 297 g/mol. The molecular weight excluding hydrogens is 274 g/mol. The van der Waals surface area contributed by atoms with Gasteiger partial charge in [-0.15, -0.1) is 0 Å². The SMILES string of the molecule is CC(C)c1nc(-c2ccccn2)cc(N2CCC(N)CC2)n1. The molecule has 5 nitrogen and oxygen atoms in total. The van der Waals surface area contributed by atoms with Crippen molar-refractivity contribution >= 4 is 5.82 Å². The van der Waals surface area contributed by atoms with Crippen LogP contribution in [0, 0.1) is 0 Å². The van der Waals surface area contributed by atoms with Crippen molar-refractivity contribution < 1.29 is 0 Å². The molecule has 0 aliphatic carbocycles. The van der Waals surface area contributed by atoms with E-state index < -0.39 is 0 Å². The van der Waals surface area contributed by atoms with Crippen molar-refractivity contribution in [1.29, 1.82) is 0 Å². The zero-order valence-corrected chi connectivity index (χ0v) is 13.2. The first-order chi connectivity index (χ1) is 10.6. The maximum Gasteiger partial charge on any atom is 0.134 e. The van der Waals surface area contributed by atoms with Crippen LogP contribution in [0.15, 0.2) is 30.5 Å². The van der Waals surface area contributed by atoms with E-state index in [9.17, 15) is 0 Å². The third-order valence-electron chi connectivity index (χ3n) is 4.04. The molecule has 0 saturated carbocycles. The molecule has 0 radical (unpaired) electrons. The summed E-state index contributed by atoms with van der Waals surface area (Å²) in [6.45, 7) is 6.15. The largest absolute Gasteiger partial charge is 0.356 e. The van der Waals surface area contributed by atoms with Crippen molar-refractivity contribution in [1.82, 2.24) is 15.0 Å². The smallest absolute Gasteiger partial charge is 0.134 e. The van der Waals surface area contributed by atoms with Crippen LogP contribution >= 0.6 is 0 Å². The Hall–Kier alpha value is -2.01. The van der Waals surface area contributed by atoms with Crippen molar-refractivity contribution in [2.45, 2.75) is 38.6 Å². The normalized spacial score (nSPS) is 16.3. The topological polar surface area (TPSA) is 67.9 Å². The first kappa shape index (κ1) is 14.9. The van der Waals surface area contributed by atoms with Crippen LogP contribution in [0.3, 0.4) is 0 Å². The Bertz CT molecular complexity index is 618. The third-order valence-corrected chi connectivity index (χ3v) is 4.04. The summed E-state index contributed by atoms with van der Waals surface area (Å²) in [7, 11) is 0. The molecule has 1 aliphatic heterocycles. The second kappa shape index (κ2) is 6.40. The zero-order chi connectivity index (χ0) is 15.5. The summed E-state index contributed by atoms with van der Waals surface area (Å²) in [5, 5.41) is 0. The van der Waals surface area contributed by atoms with Crippen molar-refractivity contribution in [2.75, 3.05) is 18.0 Å². The number of piperidine rings is 1. The summed E-state index contributed by atoms with van der Waals surface area (Å²) in [4.78, 5) is 16.2. The zero-order valence-electron chi connectivity index (χ0n) is 13.2. The lowest BCUT2D eigenvalue weighted by molar-refractivity contribution is 0.497. The van der Waals surface area contributed by atoms with Gasteiger partial charge in [-0.3, -0.25) is 4.98 Å². The molecule has 3 heterocycles. The molecule has 1 aliphatic rings. The highest BCUT2D eigenvalue weighted by molar-refractivity contribution is 5.59. The molecular formula is C17H23N5. The predicted octanol–water partition coefficient (Wildman–Crippen LogP) is 2.59. The van der Waals surface area contributed by atoms with E-state index in [0.717, 1.165) is 49.0 Å². The lowest BCUT2D eigenvalue weighted by atomic mass is 10.1. The summed E-state index contributed by atoms with van der Waals surface area (Å²) in [5.74, 6) is 2.15. The summed E-state index contributed by atoms with van der Waals surface area (Å²) >= 11 is 0. The summed E-state index contributed by atoms with van der Waals surface area (Å²) in [6.07, 6.45) is 3.83. The number of rotatable bonds is 3. The molecule has 2 aromatic heterocycles. The molecule has 0 atom stereocenters. The van der Waals surface area contributed by atoms with Crippen LogP contribution in [0.5, 0.6) is 0 Å². The highest BCUT2D eigenvalue weighted by Gasteiger charge is 2.19. The molecule has 0 bridgehead atoms. The minimum atomic E-state index is 0.287. The Morgan fingerprint density at radius 3 is 2.55 bits per heavy atom. The van der Waals surface area contributed by atoms with E-state index in [4.69, 9.17) is 10.7 Å². The van der Waals surface area contributed by atoms with Crippen LogP contribution in [-0.4, -0.2) is 34.1 Å². The number of pyridine rings is 1. The van der Waals surface area contributed by atoms with Gasteiger partial charge >= 0.3 is 0 Å². The Balaban J connectivity index is 1.97. The van der Waals surface area contributed by atoms with E-state index in [1.54, 1.807) is 6.20 Å². The van der Waals surface area contributed by atoms with Crippen LogP contribution in [0.25, 0.3) is 11.4 Å². The number of anilines is 1. The molecule has 2 aromatic rings. The molecule has 5 heteroatoms. The molecule has 116 valence electrons. The van der Waals surface area contributed by atoms with E-state index >= 15 is 0 Å². The Kier molecular flexibility index (Phi) is 4.34. The molecule has 1 fully saturated rings. The molecule has 22 heavy (non-hydrogen) atoms. The minimum absolute atomic E-state index is 0.287. The lowest BCUT2D eigenvalue weighted by Gasteiger charge is -2.31. The van der Waals surface area contributed by atoms with Gasteiger partial charge in [0.15, 0.2) is 0 Å². The van der Waals surface area contributed by atoms with Gasteiger partial charge in [-0.25, -0.2) is 9.97 Å². The van der Waals surface area contributed by atoms with Crippen molar-refractivity contribution in [3.8, 4) is 11.4 Å². The van der Waals surface area contributed by atoms with Gasteiger partial charge in [0.25, 0.3) is 0 Å². The van der Waals surface area contributed by atoms with Crippen LogP contribution < -0.4 is 10.6 Å².